The molecule has 0 fully saturated rings. The van der Waals surface area contributed by atoms with E-state index in [2.05, 4.69) is 15.0 Å². The largest absolute Gasteiger partial charge is 0.495 e. The van der Waals surface area contributed by atoms with Gasteiger partial charge in [-0.3, -0.25) is 4.79 Å². The molecule has 6 nitrogen and oxygen atoms in total. The Bertz CT molecular complexity index is 1510. The van der Waals surface area contributed by atoms with Gasteiger partial charge < -0.3 is 14.3 Å². The highest BCUT2D eigenvalue weighted by molar-refractivity contribution is 5.96. The topological polar surface area (TPSA) is 72.8 Å². The molecule has 2 heterocycles. The summed E-state index contributed by atoms with van der Waals surface area (Å²) in [6.45, 7) is 1.94. The second kappa shape index (κ2) is 7.57. The van der Waals surface area contributed by atoms with E-state index in [0.29, 0.717) is 16.7 Å². The van der Waals surface area contributed by atoms with Crippen LogP contribution in [0.3, 0.4) is 0 Å². The highest BCUT2D eigenvalue weighted by Gasteiger charge is 2.07. The zero-order valence-electron chi connectivity index (χ0n) is 17.2. The first-order valence-corrected chi connectivity index (χ1v) is 9.90. The van der Waals surface area contributed by atoms with E-state index in [1.807, 2.05) is 78.4 Å². The lowest BCUT2D eigenvalue weighted by molar-refractivity contribution is 0.413. The molecule has 152 valence electrons. The van der Waals surface area contributed by atoms with Gasteiger partial charge in [-0.1, -0.05) is 36.4 Å². The van der Waals surface area contributed by atoms with Crippen molar-refractivity contribution in [3.8, 4) is 11.4 Å². The van der Waals surface area contributed by atoms with Crippen molar-refractivity contribution in [2.45, 2.75) is 6.92 Å². The lowest BCUT2D eigenvalue weighted by atomic mass is 10.1. The third kappa shape index (κ3) is 3.59. The summed E-state index contributed by atoms with van der Waals surface area (Å²) < 4.78 is 7.49. The molecule has 0 radical (unpaired) electrons. The summed E-state index contributed by atoms with van der Waals surface area (Å²) >= 11 is 0. The molecule has 0 amide bonds. The molecule has 5 aromatic rings. The Morgan fingerprint density at radius 3 is 2.58 bits per heavy atom. The fraction of sp³-hybridized carbons (Fsp3) is 0.0800. The fourth-order valence-electron chi connectivity index (χ4n) is 3.66. The molecule has 0 saturated carbocycles. The van der Waals surface area contributed by atoms with Gasteiger partial charge in [-0.15, -0.1) is 0 Å². The van der Waals surface area contributed by atoms with E-state index in [4.69, 9.17) is 4.74 Å². The van der Waals surface area contributed by atoms with E-state index in [9.17, 15) is 4.79 Å². The lowest BCUT2D eigenvalue weighted by Crippen LogP contribution is -2.09. The third-order valence-corrected chi connectivity index (χ3v) is 5.22. The SMILES string of the molecule is COc1cc(/C=C/c2nc3cc4ccccc4cc3c(=O)[nH]2)ccc1-n1cnc(C)c1. The number of hydrogen-bond donors (Lipinski definition) is 1. The van der Waals surface area contributed by atoms with Gasteiger partial charge in [-0.05, 0) is 53.6 Å². The molecule has 31 heavy (non-hydrogen) atoms. The van der Waals surface area contributed by atoms with Crippen LogP contribution in [-0.2, 0) is 0 Å². The summed E-state index contributed by atoms with van der Waals surface area (Å²) in [7, 11) is 1.64. The number of fused-ring (bicyclic) bond motifs is 2. The standard InChI is InChI=1S/C25H20N4O2/c1-16-14-29(15-26-16)22-9-7-17(11-23(22)31-2)8-10-24-27-21-13-19-6-4-3-5-18(19)12-20(21)25(30)28-24/h3-15H,1-2H3,(H,27,28,30)/b10-8+. The highest BCUT2D eigenvalue weighted by atomic mass is 16.5. The molecule has 0 saturated heterocycles. The van der Waals surface area contributed by atoms with Crippen LogP contribution in [0.15, 0.2) is 71.9 Å². The summed E-state index contributed by atoms with van der Waals surface area (Å²) in [5.41, 5.74) is 3.29. The number of ether oxygens (including phenoxy) is 1. The first-order valence-electron chi connectivity index (χ1n) is 9.90. The predicted octanol–water partition coefficient (Wildman–Crippen LogP) is 4.75. The van der Waals surface area contributed by atoms with Gasteiger partial charge in [0.2, 0.25) is 0 Å². The number of methoxy groups -OCH3 is 1. The maximum absolute atomic E-state index is 12.6. The van der Waals surface area contributed by atoms with Crippen molar-refractivity contribution in [2.75, 3.05) is 7.11 Å². The summed E-state index contributed by atoms with van der Waals surface area (Å²) in [5.74, 6) is 1.23. The van der Waals surface area contributed by atoms with Crippen molar-refractivity contribution in [2.24, 2.45) is 0 Å². The van der Waals surface area contributed by atoms with Crippen molar-refractivity contribution in [3.05, 3.63) is 94.6 Å². The van der Waals surface area contributed by atoms with Gasteiger partial charge in [-0.2, -0.15) is 0 Å². The predicted molar refractivity (Wildman–Crippen MR) is 124 cm³/mol. The smallest absolute Gasteiger partial charge is 0.259 e. The number of aryl methyl sites for hydroxylation is 1. The first-order chi connectivity index (χ1) is 15.1. The van der Waals surface area contributed by atoms with Crippen LogP contribution >= 0.6 is 0 Å². The minimum atomic E-state index is -0.154. The Balaban J connectivity index is 1.51. The van der Waals surface area contributed by atoms with Crippen LogP contribution in [0.5, 0.6) is 5.75 Å². The molecule has 0 aliphatic rings. The summed E-state index contributed by atoms with van der Waals surface area (Å²) in [6.07, 6.45) is 7.40. The number of aromatic amines is 1. The molecular formula is C25H20N4O2. The van der Waals surface area contributed by atoms with Crippen molar-refractivity contribution in [1.82, 2.24) is 19.5 Å². The third-order valence-electron chi connectivity index (χ3n) is 5.22. The van der Waals surface area contributed by atoms with E-state index in [1.165, 1.54) is 0 Å². The number of nitrogens with one attached hydrogen (secondary N) is 1. The van der Waals surface area contributed by atoms with Crippen LogP contribution in [0.4, 0.5) is 0 Å². The number of nitrogens with zero attached hydrogens (tertiary/aromatic N) is 3. The van der Waals surface area contributed by atoms with Crippen molar-refractivity contribution in [1.29, 1.82) is 0 Å². The van der Waals surface area contributed by atoms with Crippen LogP contribution in [-0.4, -0.2) is 26.6 Å². The molecule has 2 aromatic heterocycles. The molecule has 5 rings (SSSR count). The number of rotatable bonds is 4. The summed E-state index contributed by atoms with van der Waals surface area (Å²) in [4.78, 5) is 24.4. The second-order valence-corrected chi connectivity index (χ2v) is 7.35. The van der Waals surface area contributed by atoms with Gasteiger partial charge >= 0.3 is 0 Å². The quantitative estimate of drug-likeness (QED) is 0.436. The monoisotopic (exact) mass is 408 g/mol. The minimum absolute atomic E-state index is 0.154. The van der Waals surface area contributed by atoms with Gasteiger partial charge in [0.05, 0.1) is 35.7 Å². The van der Waals surface area contributed by atoms with E-state index in [-0.39, 0.29) is 5.56 Å². The lowest BCUT2D eigenvalue weighted by Gasteiger charge is -2.10. The Kier molecular flexibility index (Phi) is 4.59. The first kappa shape index (κ1) is 18.8. The molecular weight excluding hydrogens is 388 g/mol. The van der Waals surface area contributed by atoms with E-state index >= 15 is 0 Å². The number of hydrogen-bond acceptors (Lipinski definition) is 4. The average Bonchev–Trinajstić information content (AvgIpc) is 3.22. The van der Waals surface area contributed by atoms with Crippen LogP contribution in [0.2, 0.25) is 0 Å². The second-order valence-electron chi connectivity index (χ2n) is 7.35. The summed E-state index contributed by atoms with van der Waals surface area (Å²) in [5, 5.41) is 2.65. The molecule has 3 aromatic carbocycles. The molecule has 0 aliphatic heterocycles. The number of imidazole rings is 1. The molecule has 0 aliphatic carbocycles. The van der Waals surface area contributed by atoms with E-state index < -0.39 is 0 Å². The number of benzene rings is 3. The number of aromatic nitrogens is 4. The van der Waals surface area contributed by atoms with Crippen molar-refractivity contribution < 1.29 is 4.74 Å². The molecule has 0 atom stereocenters. The van der Waals surface area contributed by atoms with Crippen LogP contribution in [0, 0.1) is 6.92 Å². The van der Waals surface area contributed by atoms with Crippen molar-refractivity contribution >= 4 is 33.8 Å². The normalized spacial score (nSPS) is 11.5. The van der Waals surface area contributed by atoms with Crippen molar-refractivity contribution in [3.63, 3.8) is 0 Å². The highest BCUT2D eigenvalue weighted by Crippen LogP contribution is 2.25. The fourth-order valence-corrected chi connectivity index (χ4v) is 3.66. The van der Waals surface area contributed by atoms with Gasteiger partial charge in [-0.25, -0.2) is 9.97 Å². The number of H-pyrrole nitrogens is 1. The van der Waals surface area contributed by atoms with Crippen LogP contribution < -0.4 is 10.3 Å². The average molecular weight is 408 g/mol. The molecule has 6 heteroatoms. The van der Waals surface area contributed by atoms with Gasteiger partial charge in [0.25, 0.3) is 5.56 Å². The van der Waals surface area contributed by atoms with Crippen LogP contribution in [0.1, 0.15) is 17.1 Å². The molecule has 1 N–H and O–H groups in total. The Labute approximate surface area is 178 Å². The maximum Gasteiger partial charge on any atom is 0.259 e. The minimum Gasteiger partial charge on any atom is -0.495 e. The van der Waals surface area contributed by atoms with E-state index in [0.717, 1.165) is 33.5 Å². The summed E-state index contributed by atoms with van der Waals surface area (Å²) in [6, 6.07) is 17.7. The maximum atomic E-state index is 12.6. The van der Waals surface area contributed by atoms with Gasteiger partial charge in [0.15, 0.2) is 0 Å². The zero-order chi connectivity index (χ0) is 21.4. The van der Waals surface area contributed by atoms with Gasteiger partial charge in [0.1, 0.15) is 11.6 Å². The Morgan fingerprint density at radius 1 is 1.03 bits per heavy atom. The van der Waals surface area contributed by atoms with Gasteiger partial charge in [0, 0.05) is 6.20 Å². The zero-order valence-corrected chi connectivity index (χ0v) is 17.2. The van der Waals surface area contributed by atoms with Crippen LogP contribution in [0.25, 0.3) is 39.5 Å². The van der Waals surface area contributed by atoms with E-state index in [1.54, 1.807) is 19.5 Å². The molecule has 0 spiro atoms. The molecule has 0 unspecified atom stereocenters. The Morgan fingerprint density at radius 2 is 1.84 bits per heavy atom. The Hall–Kier alpha value is -4.19. The molecule has 0 bridgehead atoms.